The van der Waals surface area contributed by atoms with Crippen molar-refractivity contribution in [3.8, 4) is 11.5 Å². The van der Waals surface area contributed by atoms with Crippen LogP contribution in [0, 0.1) is 5.16 Å². The van der Waals surface area contributed by atoms with E-state index >= 15 is 0 Å². The van der Waals surface area contributed by atoms with Crippen LogP contribution in [-0.2, 0) is 23.0 Å². The Morgan fingerprint density at radius 3 is 2.27 bits per heavy atom. The maximum absolute atomic E-state index is 12.2. The predicted molar refractivity (Wildman–Crippen MR) is 182 cm³/mol. The van der Waals surface area contributed by atoms with Gasteiger partial charge in [0, 0.05) is 19.5 Å². The molecule has 1 amide bonds. The van der Waals surface area contributed by atoms with E-state index in [0.717, 1.165) is 16.0 Å². The molecule has 0 aliphatic heterocycles. The van der Waals surface area contributed by atoms with Crippen molar-refractivity contribution in [1.82, 2.24) is 15.0 Å². The minimum Gasteiger partial charge on any atom is -0.356 e. The van der Waals surface area contributed by atoms with Crippen LogP contribution in [0.5, 0.6) is 11.5 Å². The van der Waals surface area contributed by atoms with Crippen LogP contribution < -0.4 is 14.7 Å². The number of rotatable bonds is 20. The van der Waals surface area contributed by atoms with E-state index in [9.17, 15) is 34.2 Å². The Hall–Kier alpha value is -1.62. The number of amides is 1. The van der Waals surface area contributed by atoms with Gasteiger partial charge in [0.15, 0.2) is 24.1 Å². The van der Waals surface area contributed by atoms with E-state index in [1.165, 1.54) is 0 Å². The fraction of sp³-hybridized carbons (Fsp3) is 0.364. The highest BCUT2D eigenvalue weighted by Gasteiger charge is 2.40. The van der Waals surface area contributed by atoms with Crippen molar-refractivity contribution in [3.63, 3.8) is 0 Å². The summed E-state index contributed by atoms with van der Waals surface area (Å²) in [6.45, 7) is 0.396. The molecule has 0 fully saturated rings. The van der Waals surface area contributed by atoms with Gasteiger partial charge in [-0.05, 0) is 65.3 Å². The van der Waals surface area contributed by atoms with E-state index in [-0.39, 0.29) is 25.3 Å². The molecule has 0 aromatic heterocycles. The topological polar surface area (TPSA) is 236 Å². The van der Waals surface area contributed by atoms with Crippen LogP contribution in [0.15, 0.2) is 63.1 Å². The van der Waals surface area contributed by atoms with E-state index in [1.54, 1.807) is 42.3 Å². The highest BCUT2D eigenvalue weighted by molar-refractivity contribution is 8.02. The SMILES string of the molecule is CN(N=Cc1ccc(ON=PN=PP=N)cc1)[P+](=S)Oc1ccc(CCNC(=O)CCCN(C[P+](O)(O)O)C[P+](O)(O)O)cc1. The summed E-state index contributed by atoms with van der Waals surface area (Å²) in [6.07, 6.45) is 1.21. The lowest BCUT2D eigenvalue weighted by atomic mass is 10.1. The predicted octanol–water partition coefficient (Wildman–Crippen LogP) is 5.03. The Kier molecular flexibility index (Phi) is 18.1. The van der Waals surface area contributed by atoms with Gasteiger partial charge in [0.05, 0.1) is 29.4 Å². The van der Waals surface area contributed by atoms with Gasteiger partial charge in [0.2, 0.25) is 26.2 Å². The summed E-state index contributed by atoms with van der Waals surface area (Å²) in [5.74, 6) is 0.873. The van der Waals surface area contributed by atoms with Gasteiger partial charge in [-0.1, -0.05) is 16.9 Å². The van der Waals surface area contributed by atoms with Crippen LogP contribution >= 0.6 is 47.6 Å². The molecule has 8 N–H and O–H groups in total. The number of carbonyl (C=O) groups is 1. The smallest absolute Gasteiger partial charge is 0.356 e. The molecule has 2 aromatic rings. The Morgan fingerprint density at radius 2 is 1.67 bits per heavy atom. The second-order valence-corrected chi connectivity index (χ2v) is 17.2. The summed E-state index contributed by atoms with van der Waals surface area (Å²) in [4.78, 5) is 77.7. The third-order valence-electron chi connectivity index (χ3n) is 5.30. The Labute approximate surface area is 272 Å². The Morgan fingerprint density at radius 1 is 1.04 bits per heavy atom. The summed E-state index contributed by atoms with van der Waals surface area (Å²) in [7, 11) is -6.81. The lowest BCUT2D eigenvalue weighted by molar-refractivity contribution is -0.121. The number of benzene rings is 2. The van der Waals surface area contributed by atoms with Gasteiger partial charge in [0.1, 0.15) is 0 Å². The molecule has 244 valence electrons. The maximum Gasteiger partial charge on any atom is 0.540 e. The number of carbonyl (C=O) groups excluding carboxylic acids is 1. The first-order valence-electron chi connectivity index (χ1n) is 12.8. The van der Waals surface area contributed by atoms with E-state index in [1.807, 2.05) is 24.3 Å². The standard InChI is InChI=1S/C22H33N7O9P6S/c1-28(25-15-19-6-8-20(9-7-19)37-26-40-27-41-39-23)42(45)38-21-10-4-18(5-11-21)12-13-24-22(30)3-2-14-29(16-43(31,32)33)17-44(34,35)36/h4-11,15,23,31-36H,2-3,12-14,16-17H2,1H3/q+2/p+1. The maximum atomic E-state index is 12.2. The molecule has 0 radical (unpaired) electrons. The minimum atomic E-state index is -4.24. The Balaban J connectivity index is 1.72. The van der Waals surface area contributed by atoms with Crippen LogP contribution in [0.3, 0.4) is 0 Å². The zero-order valence-corrected chi connectivity index (χ0v) is 30.1. The number of hydrazone groups is 1. The number of hydrogen-bond donors (Lipinski definition) is 8. The molecule has 1 atom stereocenters. The molecule has 0 heterocycles. The molecule has 23 heteroatoms. The van der Waals surface area contributed by atoms with Gasteiger partial charge in [-0.2, -0.15) is 33.9 Å². The molecule has 16 nitrogen and oxygen atoms in total. The normalized spacial score (nSPS) is 12.8. The highest BCUT2D eigenvalue weighted by Crippen LogP contribution is 2.50. The first kappa shape index (κ1) is 39.6. The summed E-state index contributed by atoms with van der Waals surface area (Å²) >= 11 is 5.47. The zero-order valence-electron chi connectivity index (χ0n) is 23.9. The summed E-state index contributed by atoms with van der Waals surface area (Å²) in [5.41, 5.74) is 1.78. The summed E-state index contributed by atoms with van der Waals surface area (Å²) in [6, 6.07) is 14.4. The van der Waals surface area contributed by atoms with E-state index in [0.29, 0.717) is 49.1 Å². The average molecular weight is 758 g/mol. The van der Waals surface area contributed by atoms with Crippen LogP contribution in [0.25, 0.3) is 0 Å². The largest absolute Gasteiger partial charge is 0.540 e. The number of nitrogens with one attached hydrogen (secondary N) is 2. The third-order valence-corrected chi connectivity index (χ3v) is 10.6. The minimum absolute atomic E-state index is 0.0268. The van der Waals surface area contributed by atoms with Gasteiger partial charge in [0.25, 0.3) is 0 Å². The van der Waals surface area contributed by atoms with E-state index < -0.39 is 35.5 Å². The molecule has 2 aromatic carbocycles. The van der Waals surface area contributed by atoms with E-state index in [4.69, 9.17) is 26.3 Å². The van der Waals surface area contributed by atoms with Gasteiger partial charge in [-0.3, -0.25) is 14.5 Å². The number of nitrogens with zero attached hydrogens (tertiary/aromatic N) is 5. The van der Waals surface area contributed by atoms with Crippen molar-refractivity contribution in [2.75, 3.05) is 32.7 Å². The van der Waals surface area contributed by atoms with Crippen LogP contribution in [0.2, 0.25) is 0 Å². The molecule has 2 rings (SSSR count). The van der Waals surface area contributed by atoms with Crippen molar-refractivity contribution >= 4 is 71.5 Å². The first-order chi connectivity index (χ1) is 21.2. The molecule has 1 unspecified atom stereocenters. The molecule has 0 saturated carbocycles. The molecule has 0 aliphatic rings. The first-order valence-corrected chi connectivity index (χ1v) is 22.0. The van der Waals surface area contributed by atoms with Crippen molar-refractivity contribution in [3.05, 3.63) is 59.7 Å². The van der Waals surface area contributed by atoms with Gasteiger partial charge in [-0.15, -0.1) is 5.10 Å². The van der Waals surface area contributed by atoms with Gasteiger partial charge >= 0.3 is 23.0 Å². The van der Waals surface area contributed by atoms with Crippen molar-refractivity contribution < 1.29 is 43.5 Å². The Bertz CT molecular complexity index is 1310. The molecular weight excluding hydrogens is 724 g/mol. The van der Waals surface area contributed by atoms with Crippen molar-refractivity contribution in [1.29, 1.82) is 5.16 Å². The summed E-state index contributed by atoms with van der Waals surface area (Å²) in [5, 5.41) is 14.1. The zero-order chi connectivity index (χ0) is 33.3. The van der Waals surface area contributed by atoms with Crippen LogP contribution in [0.4, 0.5) is 0 Å². The lowest BCUT2D eigenvalue weighted by Crippen LogP contribution is -2.31. The van der Waals surface area contributed by atoms with Crippen LogP contribution in [-0.4, -0.2) is 83.9 Å². The van der Waals surface area contributed by atoms with Gasteiger partial charge in [-0.25, -0.2) is 4.90 Å². The molecule has 0 aliphatic carbocycles. The fourth-order valence-electron chi connectivity index (χ4n) is 3.41. The molecule has 0 saturated heterocycles. The van der Waals surface area contributed by atoms with Crippen LogP contribution in [0.1, 0.15) is 24.0 Å². The lowest BCUT2D eigenvalue weighted by Gasteiger charge is -2.20. The second-order valence-electron chi connectivity index (χ2n) is 9.08. The van der Waals surface area contributed by atoms with E-state index in [2.05, 4.69) is 19.8 Å². The number of hydrogen-bond acceptors (Lipinski definition) is 14. The highest BCUT2D eigenvalue weighted by atomic mass is 32.4. The summed E-state index contributed by atoms with van der Waals surface area (Å²) < 4.78 is 11.3. The quantitative estimate of drug-likeness (QED) is 0.0504. The van der Waals surface area contributed by atoms with Crippen molar-refractivity contribution in [2.24, 2.45) is 14.5 Å². The second kappa shape index (κ2) is 20.6. The third kappa shape index (κ3) is 19.0. The monoisotopic (exact) mass is 758 g/mol. The molecular formula is C22H34N7O9P6S+3. The van der Waals surface area contributed by atoms with Gasteiger partial charge < -0.3 is 10.2 Å². The van der Waals surface area contributed by atoms with Crippen molar-refractivity contribution in [2.45, 2.75) is 19.3 Å². The molecule has 0 spiro atoms. The average Bonchev–Trinajstić information content (AvgIpc) is 2.95. The molecule has 0 bridgehead atoms. The fourth-order valence-corrected chi connectivity index (χ4v) is 7.32. The molecule has 45 heavy (non-hydrogen) atoms.